The number of aryl methyl sites for hydroxylation is 2. The molecule has 0 fully saturated rings. The third-order valence-electron chi connectivity index (χ3n) is 2.65. The molecule has 2 aromatic carbocycles. The Hall–Kier alpha value is -2.16. The molecule has 2 rings (SSSR count). The molecule has 0 radical (unpaired) electrons. The number of rotatable bonds is 3. The van der Waals surface area contributed by atoms with Crippen LogP contribution in [0.1, 0.15) is 11.1 Å². The molecule has 0 aliphatic heterocycles. The zero-order valence-electron chi connectivity index (χ0n) is 10.7. The van der Waals surface area contributed by atoms with Crippen molar-refractivity contribution in [2.24, 2.45) is 0 Å². The van der Waals surface area contributed by atoms with E-state index in [1.807, 2.05) is 38.1 Å². The lowest BCUT2D eigenvalue weighted by Gasteiger charge is -2.12. The van der Waals surface area contributed by atoms with Gasteiger partial charge in [0, 0.05) is 0 Å². The van der Waals surface area contributed by atoms with Gasteiger partial charge in [-0.15, -0.1) is 0 Å². The lowest BCUT2D eigenvalue weighted by molar-refractivity contribution is 0.366. The van der Waals surface area contributed by atoms with Crippen molar-refractivity contribution in [3.63, 3.8) is 0 Å². The highest BCUT2D eigenvalue weighted by molar-refractivity contribution is 5.49. The van der Waals surface area contributed by atoms with Crippen LogP contribution in [0.5, 0.6) is 23.0 Å². The normalized spacial score (nSPS) is 10.2. The summed E-state index contributed by atoms with van der Waals surface area (Å²) in [6.45, 7) is 3.93. The topological polar surface area (TPSA) is 38.7 Å². The molecule has 94 valence electrons. The van der Waals surface area contributed by atoms with E-state index in [4.69, 9.17) is 9.47 Å². The maximum Gasteiger partial charge on any atom is 0.169 e. The van der Waals surface area contributed by atoms with Gasteiger partial charge in [0.2, 0.25) is 0 Å². The second-order valence-electron chi connectivity index (χ2n) is 4.23. The Labute approximate surface area is 107 Å². The summed E-state index contributed by atoms with van der Waals surface area (Å²) in [6, 6.07) is 10.9. The average Bonchev–Trinajstić information content (AvgIpc) is 2.36. The maximum atomic E-state index is 9.75. The molecule has 18 heavy (non-hydrogen) atoms. The fourth-order valence-electron chi connectivity index (χ4n) is 1.68. The number of aromatic hydroxyl groups is 1. The summed E-state index contributed by atoms with van der Waals surface area (Å²) in [5.74, 6) is 1.78. The molecule has 3 nitrogen and oxygen atoms in total. The van der Waals surface area contributed by atoms with Gasteiger partial charge in [0.1, 0.15) is 0 Å². The van der Waals surface area contributed by atoms with E-state index < -0.39 is 0 Å². The van der Waals surface area contributed by atoms with Gasteiger partial charge in [0.15, 0.2) is 23.0 Å². The average molecular weight is 244 g/mol. The quantitative estimate of drug-likeness (QED) is 0.892. The fourth-order valence-corrected chi connectivity index (χ4v) is 1.68. The van der Waals surface area contributed by atoms with Gasteiger partial charge in [-0.1, -0.05) is 12.1 Å². The lowest BCUT2D eigenvalue weighted by atomic mass is 10.2. The zero-order chi connectivity index (χ0) is 13.1. The van der Waals surface area contributed by atoms with Crippen LogP contribution in [-0.2, 0) is 0 Å². The van der Waals surface area contributed by atoms with Gasteiger partial charge in [-0.05, 0) is 49.2 Å². The first-order valence-electron chi connectivity index (χ1n) is 5.72. The van der Waals surface area contributed by atoms with Crippen molar-refractivity contribution in [3.8, 4) is 23.0 Å². The summed E-state index contributed by atoms with van der Waals surface area (Å²) < 4.78 is 11.0. The van der Waals surface area contributed by atoms with Gasteiger partial charge >= 0.3 is 0 Å². The molecule has 0 unspecified atom stereocenters. The molecule has 0 atom stereocenters. The summed E-state index contributed by atoms with van der Waals surface area (Å²) in [7, 11) is 1.59. The molecule has 3 heteroatoms. The first-order valence-corrected chi connectivity index (χ1v) is 5.72. The van der Waals surface area contributed by atoms with Crippen LogP contribution in [-0.4, -0.2) is 12.2 Å². The number of phenolic OH excluding ortho intramolecular Hbond substituents is 1. The molecule has 0 aromatic heterocycles. The standard InChI is InChI=1S/C15H16O3/c1-10-4-6-12(16)14(8-10)18-13-7-5-11(2)9-15(13)17-3/h4-9,16H,1-3H3. The minimum Gasteiger partial charge on any atom is -0.504 e. The third kappa shape index (κ3) is 2.56. The van der Waals surface area contributed by atoms with Crippen LogP contribution in [0.3, 0.4) is 0 Å². The number of hydrogen-bond donors (Lipinski definition) is 1. The highest BCUT2D eigenvalue weighted by Crippen LogP contribution is 2.36. The van der Waals surface area contributed by atoms with Crippen molar-refractivity contribution in [2.75, 3.05) is 7.11 Å². The maximum absolute atomic E-state index is 9.75. The van der Waals surface area contributed by atoms with Crippen LogP contribution in [0.15, 0.2) is 36.4 Å². The largest absolute Gasteiger partial charge is 0.504 e. The Balaban J connectivity index is 2.36. The van der Waals surface area contributed by atoms with Crippen LogP contribution in [0.4, 0.5) is 0 Å². The smallest absolute Gasteiger partial charge is 0.169 e. The van der Waals surface area contributed by atoms with Crippen LogP contribution in [0, 0.1) is 13.8 Å². The van der Waals surface area contributed by atoms with Gasteiger partial charge in [-0.25, -0.2) is 0 Å². The minimum atomic E-state index is 0.114. The number of benzene rings is 2. The van der Waals surface area contributed by atoms with Crippen LogP contribution < -0.4 is 9.47 Å². The van der Waals surface area contributed by atoms with E-state index in [2.05, 4.69) is 0 Å². The Bertz CT molecular complexity index is 562. The fraction of sp³-hybridized carbons (Fsp3) is 0.200. The van der Waals surface area contributed by atoms with Crippen molar-refractivity contribution < 1.29 is 14.6 Å². The molecule has 0 spiro atoms. The third-order valence-corrected chi connectivity index (χ3v) is 2.65. The van der Waals surface area contributed by atoms with Crippen molar-refractivity contribution in [1.29, 1.82) is 0 Å². The SMILES string of the molecule is COc1cc(C)ccc1Oc1cc(C)ccc1O. The molecule has 0 aliphatic carbocycles. The van der Waals surface area contributed by atoms with Crippen LogP contribution >= 0.6 is 0 Å². The number of phenols is 1. The summed E-state index contributed by atoms with van der Waals surface area (Å²) in [5.41, 5.74) is 2.11. The molecule has 0 amide bonds. The van der Waals surface area contributed by atoms with E-state index in [-0.39, 0.29) is 5.75 Å². The molecular formula is C15H16O3. The van der Waals surface area contributed by atoms with E-state index in [1.54, 1.807) is 19.2 Å². The van der Waals surface area contributed by atoms with E-state index in [0.29, 0.717) is 17.2 Å². The Kier molecular flexibility index (Phi) is 3.42. The van der Waals surface area contributed by atoms with Crippen LogP contribution in [0.25, 0.3) is 0 Å². The van der Waals surface area contributed by atoms with Crippen molar-refractivity contribution >= 4 is 0 Å². The van der Waals surface area contributed by atoms with Gasteiger partial charge in [-0.2, -0.15) is 0 Å². The van der Waals surface area contributed by atoms with Crippen molar-refractivity contribution in [3.05, 3.63) is 47.5 Å². The Morgan fingerprint density at radius 2 is 1.44 bits per heavy atom. The first kappa shape index (κ1) is 12.3. The number of ether oxygens (including phenoxy) is 2. The molecule has 1 N–H and O–H groups in total. The summed E-state index contributed by atoms with van der Waals surface area (Å²) in [4.78, 5) is 0. The molecular weight excluding hydrogens is 228 g/mol. The van der Waals surface area contributed by atoms with Gasteiger partial charge in [-0.3, -0.25) is 0 Å². The Morgan fingerprint density at radius 1 is 0.833 bits per heavy atom. The molecule has 0 saturated carbocycles. The van der Waals surface area contributed by atoms with E-state index in [0.717, 1.165) is 11.1 Å². The molecule has 0 aliphatic rings. The summed E-state index contributed by atoms with van der Waals surface area (Å²) in [6.07, 6.45) is 0. The predicted octanol–water partition coefficient (Wildman–Crippen LogP) is 3.81. The van der Waals surface area contributed by atoms with Gasteiger partial charge in [0.05, 0.1) is 7.11 Å². The molecule has 0 saturated heterocycles. The van der Waals surface area contributed by atoms with E-state index in [1.165, 1.54) is 0 Å². The molecule has 0 heterocycles. The second-order valence-corrected chi connectivity index (χ2v) is 4.23. The Morgan fingerprint density at radius 3 is 2.11 bits per heavy atom. The lowest BCUT2D eigenvalue weighted by Crippen LogP contribution is -1.91. The second kappa shape index (κ2) is 5.00. The predicted molar refractivity (Wildman–Crippen MR) is 70.6 cm³/mol. The first-order chi connectivity index (χ1) is 8.60. The van der Waals surface area contributed by atoms with E-state index >= 15 is 0 Å². The number of methoxy groups -OCH3 is 1. The highest BCUT2D eigenvalue weighted by Gasteiger charge is 2.09. The molecule has 2 aromatic rings. The van der Waals surface area contributed by atoms with Crippen molar-refractivity contribution in [1.82, 2.24) is 0 Å². The van der Waals surface area contributed by atoms with E-state index in [9.17, 15) is 5.11 Å². The molecule has 0 bridgehead atoms. The highest BCUT2D eigenvalue weighted by atomic mass is 16.5. The zero-order valence-corrected chi connectivity index (χ0v) is 10.7. The number of hydrogen-bond acceptors (Lipinski definition) is 3. The van der Waals surface area contributed by atoms with Crippen LogP contribution in [0.2, 0.25) is 0 Å². The monoisotopic (exact) mass is 244 g/mol. The minimum absolute atomic E-state index is 0.114. The summed E-state index contributed by atoms with van der Waals surface area (Å²) in [5, 5.41) is 9.75. The van der Waals surface area contributed by atoms with Crippen molar-refractivity contribution in [2.45, 2.75) is 13.8 Å². The van der Waals surface area contributed by atoms with Gasteiger partial charge in [0.25, 0.3) is 0 Å². The summed E-state index contributed by atoms with van der Waals surface area (Å²) >= 11 is 0. The van der Waals surface area contributed by atoms with Gasteiger partial charge < -0.3 is 14.6 Å².